The number of piperidine rings is 1. The summed E-state index contributed by atoms with van der Waals surface area (Å²) >= 11 is 0. The van der Waals surface area contributed by atoms with Crippen molar-refractivity contribution in [2.75, 3.05) is 13.1 Å². The zero-order valence-electron chi connectivity index (χ0n) is 16.6. The van der Waals surface area contributed by atoms with Crippen LogP contribution < -0.4 is 0 Å². The molecule has 0 aliphatic carbocycles. The monoisotopic (exact) mass is 373 g/mol. The van der Waals surface area contributed by atoms with Crippen LogP contribution in [0.25, 0.3) is 33.2 Å². The Balaban J connectivity index is 1.62. The van der Waals surface area contributed by atoms with Gasteiger partial charge in [0.1, 0.15) is 0 Å². The fourth-order valence-corrected chi connectivity index (χ4v) is 4.62. The Kier molecular flexibility index (Phi) is 4.40. The number of nitrogens with one attached hydrogen (secondary N) is 2. The van der Waals surface area contributed by atoms with Gasteiger partial charge < -0.3 is 4.98 Å². The van der Waals surface area contributed by atoms with Crippen molar-refractivity contribution in [1.29, 1.82) is 0 Å². The van der Waals surface area contributed by atoms with E-state index in [1.165, 1.54) is 60.1 Å². The van der Waals surface area contributed by atoms with Crippen molar-refractivity contribution in [3.8, 4) is 11.3 Å². The first-order valence-corrected chi connectivity index (χ1v) is 10.4. The van der Waals surface area contributed by atoms with Gasteiger partial charge in [0.15, 0.2) is 5.65 Å². The summed E-state index contributed by atoms with van der Waals surface area (Å²) in [5.74, 6) is 0.420. The predicted molar refractivity (Wildman–Crippen MR) is 114 cm³/mol. The van der Waals surface area contributed by atoms with Crippen molar-refractivity contribution in [3.63, 3.8) is 0 Å². The summed E-state index contributed by atoms with van der Waals surface area (Å²) in [5.41, 5.74) is 7.17. The van der Waals surface area contributed by atoms with E-state index in [4.69, 9.17) is 0 Å². The molecule has 0 spiro atoms. The minimum absolute atomic E-state index is 0.420. The van der Waals surface area contributed by atoms with E-state index in [0.29, 0.717) is 5.92 Å². The van der Waals surface area contributed by atoms with Crippen LogP contribution in [0.3, 0.4) is 0 Å². The normalized spacial score (nSPS) is 15.8. The van der Waals surface area contributed by atoms with E-state index in [1.54, 1.807) is 0 Å². The highest BCUT2D eigenvalue weighted by molar-refractivity contribution is 5.98. The molecule has 1 aromatic carbocycles. The number of nitrogens with zero attached hydrogens (tertiary/aromatic N) is 3. The van der Waals surface area contributed by atoms with Gasteiger partial charge in [-0.3, -0.25) is 10.00 Å². The van der Waals surface area contributed by atoms with Crippen LogP contribution in [0.4, 0.5) is 0 Å². The molecule has 1 aliphatic rings. The van der Waals surface area contributed by atoms with Gasteiger partial charge in [-0.25, -0.2) is 4.98 Å². The van der Waals surface area contributed by atoms with Crippen LogP contribution >= 0.6 is 0 Å². The Morgan fingerprint density at radius 2 is 1.93 bits per heavy atom. The molecule has 1 fully saturated rings. The second-order valence-electron chi connectivity index (χ2n) is 8.28. The molecule has 0 radical (unpaired) electrons. The standard InChI is InChI=1S/C23H27N5/c1-15(2)21-18-12-16(14-28-10-4-3-5-11-28)6-7-20(18)26-22(21)17-8-9-24-23-19(17)13-25-27-23/h6-9,12-13,15,26H,3-5,10-11,14H2,1-2H3,(H,24,25,27). The second-order valence-corrected chi connectivity index (χ2v) is 8.28. The minimum atomic E-state index is 0.420. The van der Waals surface area contributed by atoms with E-state index >= 15 is 0 Å². The van der Waals surface area contributed by atoms with Crippen LogP contribution in [0.2, 0.25) is 0 Å². The third-order valence-corrected chi connectivity index (χ3v) is 5.96. The summed E-state index contributed by atoms with van der Waals surface area (Å²) in [6.45, 7) is 8.05. The lowest BCUT2D eigenvalue weighted by molar-refractivity contribution is 0.221. The molecule has 144 valence electrons. The Morgan fingerprint density at radius 1 is 1.07 bits per heavy atom. The number of hydrogen-bond donors (Lipinski definition) is 2. The first-order chi connectivity index (χ1) is 13.7. The number of likely N-dealkylation sites (tertiary alicyclic amines) is 1. The van der Waals surface area contributed by atoms with Crippen molar-refractivity contribution in [3.05, 3.63) is 47.8 Å². The van der Waals surface area contributed by atoms with Gasteiger partial charge in [0.05, 0.1) is 11.9 Å². The molecule has 5 heteroatoms. The number of benzene rings is 1. The summed E-state index contributed by atoms with van der Waals surface area (Å²) in [7, 11) is 0. The number of pyridine rings is 1. The van der Waals surface area contributed by atoms with Gasteiger partial charge in [0, 0.05) is 34.6 Å². The van der Waals surface area contributed by atoms with Gasteiger partial charge in [-0.1, -0.05) is 26.3 Å². The molecule has 0 saturated carbocycles. The van der Waals surface area contributed by atoms with Gasteiger partial charge in [-0.05, 0) is 61.2 Å². The topological polar surface area (TPSA) is 60.6 Å². The number of aromatic nitrogens is 4. The summed E-state index contributed by atoms with van der Waals surface area (Å²) < 4.78 is 0. The summed E-state index contributed by atoms with van der Waals surface area (Å²) in [6.07, 6.45) is 7.76. The van der Waals surface area contributed by atoms with E-state index in [2.05, 4.69) is 63.2 Å². The van der Waals surface area contributed by atoms with Crippen LogP contribution in [-0.2, 0) is 6.54 Å². The Morgan fingerprint density at radius 3 is 2.75 bits per heavy atom. The van der Waals surface area contributed by atoms with Crippen LogP contribution in [0, 0.1) is 0 Å². The molecule has 0 unspecified atom stereocenters. The highest BCUT2D eigenvalue weighted by Crippen LogP contribution is 2.38. The van der Waals surface area contributed by atoms with Crippen LogP contribution in [0.1, 0.15) is 50.2 Å². The highest BCUT2D eigenvalue weighted by atomic mass is 15.1. The van der Waals surface area contributed by atoms with Crippen LogP contribution in [0.15, 0.2) is 36.7 Å². The third-order valence-electron chi connectivity index (χ3n) is 5.96. The molecule has 2 N–H and O–H groups in total. The number of aromatic amines is 2. The molecule has 0 atom stereocenters. The molecule has 0 amide bonds. The molecule has 28 heavy (non-hydrogen) atoms. The molecule has 5 rings (SSSR count). The van der Waals surface area contributed by atoms with Crippen LogP contribution in [-0.4, -0.2) is 38.2 Å². The quantitative estimate of drug-likeness (QED) is 0.516. The Labute approximate surface area is 165 Å². The molecule has 5 nitrogen and oxygen atoms in total. The maximum absolute atomic E-state index is 4.40. The van der Waals surface area contributed by atoms with Gasteiger partial charge in [-0.15, -0.1) is 0 Å². The lowest BCUT2D eigenvalue weighted by Gasteiger charge is -2.26. The third kappa shape index (κ3) is 3.00. The maximum atomic E-state index is 4.40. The van der Waals surface area contributed by atoms with E-state index in [0.717, 1.165) is 23.1 Å². The predicted octanol–water partition coefficient (Wildman–Crippen LogP) is 5.22. The number of fused-ring (bicyclic) bond motifs is 2. The van der Waals surface area contributed by atoms with E-state index in [9.17, 15) is 0 Å². The Hall–Kier alpha value is -2.66. The summed E-state index contributed by atoms with van der Waals surface area (Å²) in [4.78, 5) is 10.7. The number of hydrogen-bond acceptors (Lipinski definition) is 3. The molecule has 0 bridgehead atoms. The summed E-state index contributed by atoms with van der Waals surface area (Å²) in [5, 5.41) is 9.57. The average molecular weight is 374 g/mol. The van der Waals surface area contributed by atoms with Crippen molar-refractivity contribution in [2.24, 2.45) is 0 Å². The van der Waals surface area contributed by atoms with E-state index in [1.807, 2.05) is 12.4 Å². The minimum Gasteiger partial charge on any atom is -0.354 e. The summed E-state index contributed by atoms with van der Waals surface area (Å²) in [6, 6.07) is 9.01. The van der Waals surface area contributed by atoms with Crippen molar-refractivity contribution < 1.29 is 0 Å². The Bertz CT molecular complexity index is 1110. The first kappa shape index (κ1) is 17.4. The smallest absolute Gasteiger partial charge is 0.155 e. The first-order valence-electron chi connectivity index (χ1n) is 10.4. The SMILES string of the molecule is CC(C)c1c(-c2ccnc3[nH]ncc23)[nH]c2ccc(CN3CCCCC3)cc12. The molecule has 1 saturated heterocycles. The van der Waals surface area contributed by atoms with Gasteiger partial charge >= 0.3 is 0 Å². The zero-order chi connectivity index (χ0) is 19.1. The number of rotatable bonds is 4. The average Bonchev–Trinajstić information content (AvgIpc) is 3.32. The largest absolute Gasteiger partial charge is 0.354 e. The molecular formula is C23H27N5. The van der Waals surface area contributed by atoms with Crippen LogP contribution in [0.5, 0.6) is 0 Å². The van der Waals surface area contributed by atoms with Crippen molar-refractivity contribution >= 4 is 21.9 Å². The maximum Gasteiger partial charge on any atom is 0.155 e. The molecule has 4 heterocycles. The van der Waals surface area contributed by atoms with Gasteiger partial charge in [-0.2, -0.15) is 5.10 Å². The fraction of sp³-hybridized carbons (Fsp3) is 0.391. The van der Waals surface area contributed by atoms with Crippen molar-refractivity contribution in [2.45, 2.75) is 45.6 Å². The number of H-pyrrole nitrogens is 2. The molecule has 1 aliphatic heterocycles. The zero-order valence-corrected chi connectivity index (χ0v) is 16.6. The van der Waals surface area contributed by atoms with Gasteiger partial charge in [0.25, 0.3) is 0 Å². The highest BCUT2D eigenvalue weighted by Gasteiger charge is 2.19. The van der Waals surface area contributed by atoms with E-state index < -0.39 is 0 Å². The molecular weight excluding hydrogens is 346 g/mol. The molecule has 3 aromatic heterocycles. The van der Waals surface area contributed by atoms with Crippen molar-refractivity contribution in [1.82, 2.24) is 25.1 Å². The molecule has 4 aromatic rings. The fourth-order valence-electron chi connectivity index (χ4n) is 4.62. The van der Waals surface area contributed by atoms with E-state index in [-0.39, 0.29) is 0 Å². The van der Waals surface area contributed by atoms with Gasteiger partial charge in [0.2, 0.25) is 0 Å². The second kappa shape index (κ2) is 7.06. The lowest BCUT2D eigenvalue weighted by atomic mass is 9.95. The lowest BCUT2D eigenvalue weighted by Crippen LogP contribution is -2.29.